The molecule has 2 N–H and O–H groups in total. The number of hydrogen-bond acceptors (Lipinski definition) is 3. The van der Waals surface area contributed by atoms with Gasteiger partial charge in [0, 0.05) is 19.2 Å². The van der Waals surface area contributed by atoms with Crippen LogP contribution >= 0.6 is 0 Å². The van der Waals surface area contributed by atoms with Crippen LogP contribution in [0.5, 0.6) is 0 Å². The van der Waals surface area contributed by atoms with Crippen molar-refractivity contribution in [1.29, 1.82) is 0 Å². The van der Waals surface area contributed by atoms with Crippen LogP contribution in [-0.2, 0) is 4.79 Å². The van der Waals surface area contributed by atoms with E-state index in [1.54, 1.807) is 0 Å². The van der Waals surface area contributed by atoms with Gasteiger partial charge in [-0.15, -0.1) is 0 Å². The van der Waals surface area contributed by atoms with Crippen molar-refractivity contribution < 1.29 is 9.90 Å². The summed E-state index contributed by atoms with van der Waals surface area (Å²) >= 11 is 0. The summed E-state index contributed by atoms with van der Waals surface area (Å²) in [6.45, 7) is 8.12. The fourth-order valence-corrected chi connectivity index (χ4v) is 1.82. The van der Waals surface area contributed by atoms with Crippen LogP contribution in [0.3, 0.4) is 0 Å². The first kappa shape index (κ1) is 14.7. The third-order valence-electron chi connectivity index (χ3n) is 2.94. The lowest BCUT2D eigenvalue weighted by atomic mass is 10.1. The second-order valence-electron chi connectivity index (χ2n) is 4.30. The number of hydrogen-bond donors (Lipinski definition) is 2. The Hall–Kier alpha value is -1.39. The highest BCUT2D eigenvalue weighted by molar-refractivity contribution is 5.88. The van der Waals surface area contributed by atoms with Crippen molar-refractivity contribution in [3.8, 4) is 0 Å². The molecule has 1 aromatic rings. The summed E-state index contributed by atoms with van der Waals surface area (Å²) in [6.07, 6.45) is -0.490. The largest absolute Gasteiger partial charge is 0.387 e. The van der Waals surface area contributed by atoms with Gasteiger partial charge in [-0.25, -0.2) is 0 Å². The summed E-state index contributed by atoms with van der Waals surface area (Å²) in [5.41, 5.74) is 1.62. The van der Waals surface area contributed by atoms with Gasteiger partial charge in [0.1, 0.15) is 0 Å². The van der Waals surface area contributed by atoms with Crippen LogP contribution in [0.15, 0.2) is 24.3 Å². The average molecular weight is 250 g/mol. The molecule has 0 aliphatic heterocycles. The number of rotatable bonds is 6. The molecule has 0 bridgehead atoms. The van der Waals surface area contributed by atoms with Crippen LogP contribution in [0, 0.1) is 0 Å². The second kappa shape index (κ2) is 7.13. The maximum Gasteiger partial charge on any atom is 0.221 e. The molecule has 0 aliphatic carbocycles. The topological polar surface area (TPSA) is 52.6 Å². The van der Waals surface area contributed by atoms with Crippen molar-refractivity contribution in [3.05, 3.63) is 29.8 Å². The monoisotopic (exact) mass is 250 g/mol. The quantitative estimate of drug-likeness (QED) is 0.812. The smallest absolute Gasteiger partial charge is 0.221 e. The Balaban J connectivity index is 2.63. The molecule has 0 aromatic heterocycles. The van der Waals surface area contributed by atoms with Crippen LogP contribution in [0.4, 0.5) is 5.69 Å². The Morgan fingerprint density at radius 3 is 2.28 bits per heavy atom. The number of benzene rings is 1. The molecule has 1 rings (SSSR count). The van der Waals surface area contributed by atoms with Gasteiger partial charge in [0.25, 0.3) is 0 Å². The van der Waals surface area contributed by atoms with Crippen LogP contribution in [-0.4, -0.2) is 35.5 Å². The molecule has 0 radical (unpaired) electrons. The minimum Gasteiger partial charge on any atom is -0.387 e. The lowest BCUT2D eigenvalue weighted by Gasteiger charge is -2.22. The number of anilines is 1. The molecule has 0 saturated carbocycles. The molecule has 1 unspecified atom stereocenters. The van der Waals surface area contributed by atoms with E-state index in [1.165, 1.54) is 6.92 Å². The van der Waals surface area contributed by atoms with E-state index in [9.17, 15) is 9.90 Å². The normalized spacial score (nSPS) is 12.5. The van der Waals surface area contributed by atoms with E-state index >= 15 is 0 Å². The number of aliphatic hydroxyl groups excluding tert-OH is 1. The van der Waals surface area contributed by atoms with E-state index < -0.39 is 6.10 Å². The van der Waals surface area contributed by atoms with Crippen molar-refractivity contribution in [3.63, 3.8) is 0 Å². The van der Waals surface area contributed by atoms with Crippen molar-refractivity contribution in [1.82, 2.24) is 4.90 Å². The molecule has 1 aromatic carbocycles. The molecule has 1 atom stereocenters. The first-order chi connectivity index (χ1) is 8.56. The van der Waals surface area contributed by atoms with Crippen LogP contribution in [0.25, 0.3) is 0 Å². The van der Waals surface area contributed by atoms with Crippen molar-refractivity contribution in [2.24, 2.45) is 0 Å². The van der Waals surface area contributed by atoms with Crippen LogP contribution in [0.2, 0.25) is 0 Å². The number of amides is 1. The molecule has 0 saturated heterocycles. The highest BCUT2D eigenvalue weighted by Crippen LogP contribution is 2.17. The number of carbonyl (C=O) groups is 1. The van der Waals surface area contributed by atoms with E-state index in [1.807, 2.05) is 24.3 Å². The van der Waals surface area contributed by atoms with Gasteiger partial charge in [-0.2, -0.15) is 0 Å². The molecule has 0 spiro atoms. The Morgan fingerprint density at radius 2 is 1.83 bits per heavy atom. The maximum atomic E-state index is 10.9. The number of aliphatic hydroxyl groups is 1. The predicted octanol–water partition coefficient (Wildman–Crippen LogP) is 2.02. The van der Waals surface area contributed by atoms with Crippen LogP contribution in [0.1, 0.15) is 32.4 Å². The molecule has 4 nitrogen and oxygen atoms in total. The molecule has 18 heavy (non-hydrogen) atoms. The molecule has 0 aliphatic rings. The Bertz CT molecular complexity index is 372. The predicted molar refractivity (Wildman–Crippen MR) is 73.5 cm³/mol. The number of nitrogens with zero attached hydrogens (tertiary/aromatic N) is 1. The zero-order valence-corrected chi connectivity index (χ0v) is 11.3. The van der Waals surface area contributed by atoms with Gasteiger partial charge in [-0.1, -0.05) is 26.0 Å². The van der Waals surface area contributed by atoms with Gasteiger partial charge in [-0.05, 0) is 30.8 Å². The Labute approximate surface area is 109 Å². The van der Waals surface area contributed by atoms with Gasteiger partial charge in [-0.3, -0.25) is 4.79 Å². The standard InChI is InChI=1S/C14H22N2O2/c1-4-16(5-2)10-14(18)12-6-8-13(9-7-12)15-11(3)17/h6-9,14,18H,4-5,10H2,1-3H3,(H,15,17). The molecule has 0 heterocycles. The molecular formula is C14H22N2O2. The van der Waals surface area contributed by atoms with Gasteiger partial charge < -0.3 is 15.3 Å². The van der Waals surface area contributed by atoms with E-state index in [0.29, 0.717) is 6.54 Å². The highest BCUT2D eigenvalue weighted by atomic mass is 16.3. The summed E-state index contributed by atoms with van der Waals surface area (Å²) in [5, 5.41) is 12.8. The van der Waals surface area contributed by atoms with E-state index in [4.69, 9.17) is 0 Å². The third-order valence-corrected chi connectivity index (χ3v) is 2.94. The summed E-state index contributed by atoms with van der Waals surface area (Å²) in [7, 11) is 0. The zero-order chi connectivity index (χ0) is 13.5. The third kappa shape index (κ3) is 4.47. The summed E-state index contributed by atoms with van der Waals surface area (Å²) in [6, 6.07) is 7.31. The minimum absolute atomic E-state index is 0.0913. The average Bonchev–Trinajstić information content (AvgIpc) is 2.35. The maximum absolute atomic E-state index is 10.9. The number of nitrogens with one attached hydrogen (secondary N) is 1. The minimum atomic E-state index is -0.490. The molecule has 100 valence electrons. The Kier molecular flexibility index (Phi) is 5.82. The first-order valence-corrected chi connectivity index (χ1v) is 6.34. The first-order valence-electron chi connectivity index (χ1n) is 6.34. The van der Waals surface area contributed by atoms with Crippen LogP contribution < -0.4 is 5.32 Å². The van der Waals surface area contributed by atoms with E-state index in [2.05, 4.69) is 24.1 Å². The van der Waals surface area contributed by atoms with Crippen molar-refractivity contribution in [2.75, 3.05) is 25.0 Å². The Morgan fingerprint density at radius 1 is 1.28 bits per heavy atom. The van der Waals surface area contributed by atoms with Gasteiger partial charge in [0.05, 0.1) is 6.10 Å². The van der Waals surface area contributed by atoms with E-state index in [-0.39, 0.29) is 5.91 Å². The van der Waals surface area contributed by atoms with Gasteiger partial charge in [0.2, 0.25) is 5.91 Å². The fraction of sp³-hybridized carbons (Fsp3) is 0.500. The molecule has 4 heteroatoms. The zero-order valence-electron chi connectivity index (χ0n) is 11.3. The van der Waals surface area contributed by atoms with E-state index in [0.717, 1.165) is 24.3 Å². The molecule has 1 amide bonds. The summed E-state index contributed by atoms with van der Waals surface area (Å²) in [4.78, 5) is 13.1. The SMILES string of the molecule is CCN(CC)CC(O)c1ccc(NC(C)=O)cc1. The van der Waals surface area contributed by atoms with Gasteiger partial charge in [0.15, 0.2) is 0 Å². The van der Waals surface area contributed by atoms with Gasteiger partial charge >= 0.3 is 0 Å². The molecular weight excluding hydrogens is 228 g/mol. The fourth-order valence-electron chi connectivity index (χ4n) is 1.82. The lowest BCUT2D eigenvalue weighted by Crippen LogP contribution is -2.28. The lowest BCUT2D eigenvalue weighted by molar-refractivity contribution is -0.114. The molecule has 0 fully saturated rings. The second-order valence-corrected chi connectivity index (χ2v) is 4.30. The number of carbonyl (C=O) groups excluding carboxylic acids is 1. The summed E-state index contributed by atoms with van der Waals surface area (Å²) < 4.78 is 0. The summed E-state index contributed by atoms with van der Waals surface area (Å²) in [5.74, 6) is -0.0913. The van der Waals surface area contributed by atoms with Crippen molar-refractivity contribution in [2.45, 2.75) is 26.9 Å². The van der Waals surface area contributed by atoms with Crippen molar-refractivity contribution >= 4 is 11.6 Å². The number of likely N-dealkylation sites (N-methyl/N-ethyl adjacent to an activating group) is 1. The highest BCUT2D eigenvalue weighted by Gasteiger charge is 2.11.